The predicted octanol–water partition coefficient (Wildman–Crippen LogP) is 5.13. The average molecular weight is 396 g/mol. The van der Waals surface area contributed by atoms with Crippen molar-refractivity contribution >= 4 is 27.2 Å². The van der Waals surface area contributed by atoms with Crippen molar-refractivity contribution in [3.63, 3.8) is 0 Å². The lowest BCUT2D eigenvalue weighted by molar-refractivity contribution is 0.465. The number of pyridine rings is 1. The van der Waals surface area contributed by atoms with Crippen LogP contribution < -0.4 is 4.72 Å². The average Bonchev–Trinajstić information content (AvgIpc) is 2.68. The molecule has 0 fully saturated rings. The zero-order valence-corrected chi connectivity index (χ0v) is 16.3. The van der Waals surface area contributed by atoms with Crippen LogP contribution >= 0.6 is 0 Å². The maximum absolute atomic E-state index is 12.4. The predicted molar refractivity (Wildman–Crippen MR) is 108 cm³/mol. The van der Waals surface area contributed by atoms with Crippen LogP contribution in [0.15, 0.2) is 82.0 Å². The number of aromatic nitrogens is 1. The molecule has 2 N–H and O–H groups in total. The van der Waals surface area contributed by atoms with E-state index in [1.807, 2.05) is 13.8 Å². The van der Waals surface area contributed by atoms with Crippen LogP contribution in [0.5, 0.6) is 5.75 Å². The number of benzene rings is 2. The largest absolute Gasteiger partial charge is 0.508 e. The van der Waals surface area contributed by atoms with E-state index in [-0.39, 0.29) is 22.4 Å². The highest BCUT2D eigenvalue weighted by atomic mass is 32.2. The highest BCUT2D eigenvalue weighted by Gasteiger charge is 2.14. The van der Waals surface area contributed by atoms with Crippen molar-refractivity contribution in [2.24, 2.45) is 10.2 Å². The maximum atomic E-state index is 12.4. The van der Waals surface area contributed by atoms with Crippen LogP contribution in [0.1, 0.15) is 25.3 Å². The first-order chi connectivity index (χ1) is 13.3. The summed E-state index contributed by atoms with van der Waals surface area (Å²) in [5.74, 6) is 0.634. The third-order valence-electron chi connectivity index (χ3n) is 3.96. The molecule has 28 heavy (non-hydrogen) atoms. The van der Waals surface area contributed by atoms with Crippen LogP contribution in [0.25, 0.3) is 0 Å². The summed E-state index contributed by atoms with van der Waals surface area (Å²) in [5, 5.41) is 18.2. The topological polar surface area (TPSA) is 104 Å². The molecule has 0 aliphatic heterocycles. The summed E-state index contributed by atoms with van der Waals surface area (Å²) in [7, 11) is -3.73. The Hall–Kier alpha value is -3.26. The Bertz CT molecular complexity index is 1080. The normalized spacial score (nSPS) is 11.8. The third kappa shape index (κ3) is 4.72. The number of hydrogen-bond donors (Lipinski definition) is 2. The molecular formula is C20H20N4O3S. The van der Waals surface area contributed by atoms with Crippen molar-refractivity contribution in [1.29, 1.82) is 0 Å². The van der Waals surface area contributed by atoms with Crippen LogP contribution in [0.2, 0.25) is 0 Å². The van der Waals surface area contributed by atoms with E-state index in [0.29, 0.717) is 11.4 Å². The van der Waals surface area contributed by atoms with Crippen LogP contribution in [0, 0.1) is 0 Å². The monoisotopic (exact) mass is 396 g/mol. The van der Waals surface area contributed by atoms with Gasteiger partial charge < -0.3 is 5.11 Å². The Morgan fingerprint density at radius 2 is 1.64 bits per heavy atom. The van der Waals surface area contributed by atoms with Crippen molar-refractivity contribution < 1.29 is 13.5 Å². The zero-order valence-electron chi connectivity index (χ0n) is 15.4. The maximum Gasteiger partial charge on any atom is 0.263 e. The van der Waals surface area contributed by atoms with Gasteiger partial charge in [0, 0.05) is 6.20 Å². The van der Waals surface area contributed by atoms with E-state index in [2.05, 4.69) is 19.9 Å². The molecule has 7 nitrogen and oxygen atoms in total. The number of rotatable bonds is 6. The van der Waals surface area contributed by atoms with Gasteiger partial charge in [-0.3, -0.25) is 4.72 Å². The Kier molecular flexibility index (Phi) is 5.70. The second kappa shape index (κ2) is 8.18. The minimum Gasteiger partial charge on any atom is -0.508 e. The van der Waals surface area contributed by atoms with Gasteiger partial charge in [0.15, 0.2) is 0 Å². The summed E-state index contributed by atoms with van der Waals surface area (Å²) >= 11 is 0. The first-order valence-corrected chi connectivity index (χ1v) is 10.1. The lowest BCUT2D eigenvalue weighted by Crippen LogP contribution is -2.13. The van der Waals surface area contributed by atoms with E-state index in [1.165, 1.54) is 18.3 Å². The summed E-state index contributed by atoms with van der Waals surface area (Å²) in [6.45, 7) is 3.96. The minimum absolute atomic E-state index is 0.101. The number of azo groups is 1. The zero-order chi connectivity index (χ0) is 20.1. The van der Waals surface area contributed by atoms with E-state index in [4.69, 9.17) is 0 Å². The van der Waals surface area contributed by atoms with E-state index in [1.54, 1.807) is 48.5 Å². The minimum atomic E-state index is -3.73. The van der Waals surface area contributed by atoms with Crippen molar-refractivity contribution in [3.05, 3.63) is 72.4 Å². The molecule has 0 saturated carbocycles. The van der Waals surface area contributed by atoms with Crippen molar-refractivity contribution in [2.45, 2.75) is 24.7 Å². The van der Waals surface area contributed by atoms with Crippen LogP contribution in [-0.4, -0.2) is 18.5 Å². The first-order valence-electron chi connectivity index (χ1n) is 8.64. The van der Waals surface area contributed by atoms with Gasteiger partial charge in [0.05, 0.1) is 16.3 Å². The molecule has 1 aromatic heterocycles. The molecule has 0 unspecified atom stereocenters. The molecular weight excluding hydrogens is 376 g/mol. The number of phenolic OH excluding ortho intramolecular Hbond substituents is 1. The van der Waals surface area contributed by atoms with Crippen molar-refractivity contribution in [1.82, 2.24) is 4.98 Å². The molecule has 8 heteroatoms. The Morgan fingerprint density at radius 1 is 0.964 bits per heavy atom. The van der Waals surface area contributed by atoms with Crippen molar-refractivity contribution in [2.75, 3.05) is 4.72 Å². The summed E-state index contributed by atoms with van der Waals surface area (Å²) in [6, 6.07) is 16.1. The molecule has 144 valence electrons. The fraction of sp³-hybridized carbons (Fsp3) is 0.150. The molecule has 3 rings (SSSR count). The molecule has 0 aliphatic carbocycles. The highest BCUT2D eigenvalue weighted by Crippen LogP contribution is 2.30. The molecule has 1 heterocycles. The van der Waals surface area contributed by atoms with Gasteiger partial charge in [-0.2, -0.15) is 10.2 Å². The van der Waals surface area contributed by atoms with Gasteiger partial charge in [-0.15, -0.1) is 0 Å². The smallest absolute Gasteiger partial charge is 0.263 e. The highest BCUT2D eigenvalue weighted by molar-refractivity contribution is 7.92. The molecule has 3 aromatic rings. The fourth-order valence-electron chi connectivity index (χ4n) is 2.49. The summed E-state index contributed by atoms with van der Waals surface area (Å²) in [4.78, 5) is 4.05. The Morgan fingerprint density at radius 3 is 2.29 bits per heavy atom. The van der Waals surface area contributed by atoms with Gasteiger partial charge in [-0.25, -0.2) is 13.4 Å². The van der Waals surface area contributed by atoms with Crippen LogP contribution in [0.3, 0.4) is 0 Å². The molecule has 0 amide bonds. The van der Waals surface area contributed by atoms with Gasteiger partial charge in [-0.05, 0) is 66.1 Å². The standard InChI is InChI=1S/C20H20N4O3S/c1-14(2)18-13-16(8-11-19(18)25)23-22-15-6-9-17(10-7-15)28(26,27)24-20-5-3-4-12-21-20/h3-14,25H,1-2H3,(H,21,24). The van der Waals surface area contributed by atoms with Gasteiger partial charge in [0.2, 0.25) is 0 Å². The number of aromatic hydroxyl groups is 1. The van der Waals surface area contributed by atoms with Gasteiger partial charge >= 0.3 is 0 Å². The fourth-order valence-corrected chi connectivity index (χ4v) is 3.50. The molecule has 0 aliphatic rings. The molecule has 2 aromatic carbocycles. The van der Waals surface area contributed by atoms with Crippen LogP contribution in [-0.2, 0) is 10.0 Å². The first kappa shape index (κ1) is 19.5. The lowest BCUT2D eigenvalue weighted by atomic mass is 10.0. The van der Waals surface area contributed by atoms with Gasteiger partial charge in [0.25, 0.3) is 10.0 Å². The van der Waals surface area contributed by atoms with E-state index < -0.39 is 10.0 Å². The third-order valence-corrected chi connectivity index (χ3v) is 5.34. The summed E-state index contributed by atoms with van der Waals surface area (Å²) in [6.07, 6.45) is 1.51. The number of hydrogen-bond acceptors (Lipinski definition) is 6. The molecule has 0 radical (unpaired) electrons. The second-order valence-electron chi connectivity index (χ2n) is 6.41. The molecule has 0 bridgehead atoms. The number of nitrogens with zero attached hydrogens (tertiary/aromatic N) is 3. The Balaban J connectivity index is 1.76. The van der Waals surface area contributed by atoms with Gasteiger partial charge in [-0.1, -0.05) is 19.9 Å². The molecule has 0 atom stereocenters. The Labute approximate surface area is 163 Å². The van der Waals surface area contributed by atoms with E-state index >= 15 is 0 Å². The SMILES string of the molecule is CC(C)c1cc(N=Nc2ccc(S(=O)(=O)Nc3ccccn3)cc2)ccc1O. The van der Waals surface area contributed by atoms with E-state index in [9.17, 15) is 13.5 Å². The van der Waals surface area contributed by atoms with Crippen LogP contribution in [0.4, 0.5) is 17.2 Å². The van der Waals surface area contributed by atoms with Gasteiger partial charge in [0.1, 0.15) is 11.6 Å². The number of anilines is 1. The van der Waals surface area contributed by atoms with Crippen molar-refractivity contribution in [3.8, 4) is 5.75 Å². The number of sulfonamides is 1. The molecule has 0 saturated heterocycles. The lowest BCUT2D eigenvalue weighted by Gasteiger charge is -2.08. The summed E-state index contributed by atoms with van der Waals surface area (Å²) in [5.41, 5.74) is 1.91. The second-order valence-corrected chi connectivity index (χ2v) is 8.09. The van der Waals surface area contributed by atoms with E-state index in [0.717, 1.165) is 5.56 Å². The molecule has 0 spiro atoms. The quantitative estimate of drug-likeness (QED) is 0.564. The number of nitrogens with one attached hydrogen (secondary N) is 1. The summed E-state index contributed by atoms with van der Waals surface area (Å²) < 4.78 is 27.2. The number of phenols is 1.